The van der Waals surface area contributed by atoms with Crippen LogP contribution in [0.15, 0.2) is 21.2 Å². The van der Waals surface area contributed by atoms with Crippen LogP contribution in [-0.2, 0) is 5.75 Å². The predicted molar refractivity (Wildman–Crippen MR) is 88.2 cm³/mol. The molecule has 2 N–H and O–H groups in total. The summed E-state index contributed by atoms with van der Waals surface area (Å²) in [4.78, 5) is 24.0. The van der Waals surface area contributed by atoms with Gasteiger partial charge in [0, 0.05) is 0 Å². The van der Waals surface area contributed by atoms with Crippen molar-refractivity contribution in [2.75, 3.05) is 0 Å². The number of nitrogens with one attached hydrogen (secondary N) is 2. The van der Waals surface area contributed by atoms with Crippen molar-refractivity contribution in [2.24, 2.45) is 4.99 Å². The molecule has 110 valence electrons. The largest absolute Gasteiger partial charge is 0.360 e. The Kier molecular flexibility index (Phi) is 3.46. The molecule has 2 aromatic rings. The maximum absolute atomic E-state index is 11.9. The number of thiophene rings is 1. The summed E-state index contributed by atoms with van der Waals surface area (Å²) in [6.45, 7) is 0. The molecule has 0 saturated heterocycles. The number of rotatable bonds is 2. The van der Waals surface area contributed by atoms with Crippen molar-refractivity contribution < 1.29 is 0 Å². The third-order valence-electron chi connectivity index (χ3n) is 4.03. The lowest BCUT2D eigenvalue weighted by molar-refractivity contribution is 0.385. The van der Waals surface area contributed by atoms with E-state index < -0.39 is 0 Å². The molecule has 0 bridgehead atoms. The number of aromatic nitrogens is 2. The molecule has 0 aromatic carbocycles. The van der Waals surface area contributed by atoms with Crippen LogP contribution in [-0.4, -0.2) is 27.2 Å². The molecule has 2 atom stereocenters. The van der Waals surface area contributed by atoms with E-state index in [1.807, 2.05) is 11.4 Å². The third kappa shape index (κ3) is 2.60. The van der Waals surface area contributed by atoms with E-state index in [4.69, 9.17) is 4.99 Å². The van der Waals surface area contributed by atoms with E-state index in [9.17, 15) is 4.79 Å². The van der Waals surface area contributed by atoms with Crippen LogP contribution in [0.25, 0.3) is 10.2 Å². The number of aliphatic imine (C=N–C) groups is 1. The molecule has 0 spiro atoms. The van der Waals surface area contributed by atoms with Crippen LogP contribution in [0.2, 0.25) is 0 Å². The zero-order chi connectivity index (χ0) is 14.2. The van der Waals surface area contributed by atoms with Crippen LogP contribution in [0.4, 0.5) is 0 Å². The highest BCUT2D eigenvalue weighted by atomic mass is 32.2. The van der Waals surface area contributed by atoms with Gasteiger partial charge in [0.2, 0.25) is 0 Å². The van der Waals surface area contributed by atoms with Crippen molar-refractivity contribution in [3.8, 4) is 0 Å². The molecular formula is C14H16N4OS2. The minimum Gasteiger partial charge on any atom is -0.360 e. The maximum atomic E-state index is 11.9. The topological polar surface area (TPSA) is 70.1 Å². The van der Waals surface area contributed by atoms with Gasteiger partial charge in [-0.1, -0.05) is 24.6 Å². The van der Waals surface area contributed by atoms with Crippen molar-refractivity contribution in [1.29, 1.82) is 0 Å². The zero-order valence-corrected chi connectivity index (χ0v) is 13.1. The van der Waals surface area contributed by atoms with Gasteiger partial charge in [-0.2, -0.15) is 0 Å². The molecule has 5 nitrogen and oxygen atoms in total. The van der Waals surface area contributed by atoms with Gasteiger partial charge < -0.3 is 10.3 Å². The molecule has 1 saturated carbocycles. The molecule has 1 aliphatic carbocycles. The number of hydrogen-bond donors (Lipinski definition) is 2. The first-order chi connectivity index (χ1) is 10.3. The summed E-state index contributed by atoms with van der Waals surface area (Å²) in [5.41, 5.74) is 0.745. The number of nitrogens with zero attached hydrogens (tertiary/aromatic N) is 2. The van der Waals surface area contributed by atoms with Crippen molar-refractivity contribution in [2.45, 2.75) is 43.5 Å². The highest BCUT2D eigenvalue weighted by Crippen LogP contribution is 2.27. The number of thioether (sulfide) groups is 1. The summed E-state index contributed by atoms with van der Waals surface area (Å²) in [5, 5.41) is 6.41. The van der Waals surface area contributed by atoms with Crippen LogP contribution < -0.4 is 10.9 Å². The number of amidine groups is 1. The summed E-state index contributed by atoms with van der Waals surface area (Å²) < 4.78 is 0.700. The molecule has 4 rings (SSSR count). The quantitative estimate of drug-likeness (QED) is 0.892. The lowest BCUT2D eigenvalue weighted by atomic mass is 9.92. The fourth-order valence-corrected chi connectivity index (χ4v) is 4.57. The second kappa shape index (κ2) is 5.46. The van der Waals surface area contributed by atoms with Crippen molar-refractivity contribution in [1.82, 2.24) is 15.3 Å². The summed E-state index contributed by atoms with van der Waals surface area (Å²) in [6.07, 6.45) is 4.99. The normalized spacial score (nSPS) is 24.7. The Bertz CT molecular complexity index is 751. The van der Waals surface area contributed by atoms with Gasteiger partial charge in [0.1, 0.15) is 10.5 Å². The molecule has 21 heavy (non-hydrogen) atoms. The fraction of sp³-hybridized carbons (Fsp3) is 0.500. The fourth-order valence-electron chi connectivity index (χ4n) is 2.99. The standard InChI is InChI=1S/C14H16N4OS2/c19-13-12-10(5-6-20-12)15-11(18-13)7-21-14-16-8-3-1-2-4-9(8)17-14/h5-6,8-9H,1-4,7H2,(H,16,17)(H,15,18,19)/t8-,9-/m0/s1. The van der Waals surface area contributed by atoms with Crippen molar-refractivity contribution in [3.05, 3.63) is 27.6 Å². The number of H-pyrrole nitrogens is 1. The average Bonchev–Trinajstić information content (AvgIpc) is 3.11. The first-order valence-corrected chi connectivity index (χ1v) is 9.10. The van der Waals surface area contributed by atoms with Crippen LogP contribution in [0, 0.1) is 0 Å². The summed E-state index contributed by atoms with van der Waals surface area (Å²) >= 11 is 3.06. The lowest BCUT2D eigenvalue weighted by Crippen LogP contribution is -2.36. The first kappa shape index (κ1) is 13.3. The van der Waals surface area contributed by atoms with Gasteiger partial charge in [0.15, 0.2) is 5.17 Å². The zero-order valence-electron chi connectivity index (χ0n) is 11.5. The Balaban J connectivity index is 1.47. The Morgan fingerprint density at radius 2 is 2.29 bits per heavy atom. The summed E-state index contributed by atoms with van der Waals surface area (Å²) in [6, 6.07) is 2.86. The summed E-state index contributed by atoms with van der Waals surface area (Å²) in [5.74, 6) is 1.36. The third-order valence-corrected chi connectivity index (χ3v) is 5.85. The van der Waals surface area contributed by atoms with Gasteiger partial charge in [-0.3, -0.25) is 9.79 Å². The predicted octanol–water partition coefficient (Wildman–Crippen LogP) is 2.49. The van der Waals surface area contributed by atoms with E-state index in [1.165, 1.54) is 37.0 Å². The smallest absolute Gasteiger partial charge is 0.268 e. The molecule has 0 radical (unpaired) electrons. The molecule has 2 aliphatic rings. The number of fused-ring (bicyclic) bond motifs is 2. The SMILES string of the molecule is O=c1[nH]c(CSC2=N[C@H]3CCCC[C@@H]3N2)nc2ccsc12. The van der Waals surface area contributed by atoms with Crippen LogP contribution in [0.3, 0.4) is 0 Å². The first-order valence-electron chi connectivity index (χ1n) is 7.23. The molecular weight excluding hydrogens is 304 g/mol. The summed E-state index contributed by atoms with van der Waals surface area (Å²) in [7, 11) is 0. The molecule has 3 heterocycles. The van der Waals surface area contributed by atoms with E-state index in [2.05, 4.69) is 15.3 Å². The van der Waals surface area contributed by atoms with Crippen molar-refractivity contribution in [3.63, 3.8) is 0 Å². The minimum atomic E-state index is -0.0411. The molecule has 0 unspecified atom stereocenters. The van der Waals surface area contributed by atoms with Crippen LogP contribution >= 0.6 is 23.1 Å². The molecule has 7 heteroatoms. The van der Waals surface area contributed by atoms with E-state index >= 15 is 0 Å². The Morgan fingerprint density at radius 3 is 3.19 bits per heavy atom. The van der Waals surface area contributed by atoms with E-state index in [0.717, 1.165) is 16.5 Å². The lowest BCUT2D eigenvalue weighted by Gasteiger charge is -2.23. The Labute approximate surface area is 130 Å². The van der Waals surface area contributed by atoms with Gasteiger partial charge in [0.05, 0.1) is 23.4 Å². The van der Waals surface area contributed by atoms with Gasteiger partial charge in [-0.25, -0.2) is 4.98 Å². The highest BCUT2D eigenvalue weighted by Gasteiger charge is 2.30. The van der Waals surface area contributed by atoms with Crippen LogP contribution in [0.5, 0.6) is 0 Å². The maximum Gasteiger partial charge on any atom is 0.268 e. The van der Waals surface area contributed by atoms with Gasteiger partial charge in [-0.05, 0) is 24.3 Å². The second-order valence-electron chi connectivity index (χ2n) is 5.47. The molecule has 1 aliphatic heterocycles. The molecule has 1 fully saturated rings. The average molecular weight is 320 g/mol. The van der Waals surface area contributed by atoms with Gasteiger partial charge in [-0.15, -0.1) is 11.3 Å². The number of aromatic amines is 1. The van der Waals surface area contributed by atoms with Crippen LogP contribution in [0.1, 0.15) is 31.5 Å². The molecule has 2 aromatic heterocycles. The van der Waals surface area contributed by atoms with E-state index in [0.29, 0.717) is 22.5 Å². The van der Waals surface area contributed by atoms with E-state index in [1.54, 1.807) is 11.8 Å². The van der Waals surface area contributed by atoms with Crippen molar-refractivity contribution >= 4 is 38.5 Å². The van der Waals surface area contributed by atoms with Gasteiger partial charge in [0.25, 0.3) is 5.56 Å². The second-order valence-corrected chi connectivity index (χ2v) is 7.35. The Morgan fingerprint density at radius 1 is 1.38 bits per heavy atom. The minimum absolute atomic E-state index is 0.0411. The molecule has 0 amide bonds. The monoisotopic (exact) mass is 320 g/mol. The highest BCUT2D eigenvalue weighted by molar-refractivity contribution is 8.13. The van der Waals surface area contributed by atoms with Gasteiger partial charge >= 0.3 is 0 Å². The van der Waals surface area contributed by atoms with E-state index in [-0.39, 0.29) is 5.56 Å². The Hall–Kier alpha value is -1.34. The number of hydrogen-bond acceptors (Lipinski definition) is 6.